The number of ether oxygens (including phenoxy) is 4. The molecule has 0 spiro atoms. The number of carbonyl (C=O) groups excluding carboxylic acids is 1. The minimum atomic E-state index is -0.174. The summed E-state index contributed by atoms with van der Waals surface area (Å²) < 4.78 is 21.2. The number of nitrogens with zero attached hydrogens (tertiary/aromatic N) is 2. The normalized spacial score (nSPS) is 15.7. The fraction of sp³-hybridized carbons (Fsp3) is 0.250. The molecule has 0 unspecified atom stereocenters. The highest BCUT2D eigenvalue weighted by Gasteiger charge is 2.33. The van der Waals surface area contributed by atoms with Crippen LogP contribution < -0.4 is 14.2 Å². The lowest BCUT2D eigenvalue weighted by molar-refractivity contribution is -0.122. The van der Waals surface area contributed by atoms with E-state index in [2.05, 4.69) is 10.9 Å². The third kappa shape index (κ3) is 6.02. The molecule has 2 aromatic carbocycles. The molecule has 1 fully saturated rings. The summed E-state index contributed by atoms with van der Waals surface area (Å²) in [6, 6.07) is 10.7. The Morgan fingerprint density at radius 2 is 1.94 bits per heavy atom. The molecule has 0 aliphatic carbocycles. The average molecular weight is 487 g/mol. The molecule has 2 aromatic rings. The SMILES string of the molecule is C#CCOc1c(Cl)cc(/C=C2\SC(=Nc3ccc(OC)cc3)N(CCOC)C2=O)cc1OC. The van der Waals surface area contributed by atoms with Crippen LogP contribution in [0, 0.1) is 12.3 Å². The smallest absolute Gasteiger partial charge is 0.266 e. The predicted octanol–water partition coefficient (Wildman–Crippen LogP) is 4.62. The number of thioether (sulfide) groups is 1. The molecule has 33 heavy (non-hydrogen) atoms. The molecule has 0 radical (unpaired) electrons. The molecule has 1 heterocycles. The molecule has 9 heteroatoms. The summed E-state index contributed by atoms with van der Waals surface area (Å²) in [4.78, 5) is 19.9. The van der Waals surface area contributed by atoms with Gasteiger partial charge in [-0.25, -0.2) is 4.99 Å². The highest BCUT2D eigenvalue weighted by Crippen LogP contribution is 2.39. The van der Waals surface area contributed by atoms with Gasteiger partial charge < -0.3 is 18.9 Å². The summed E-state index contributed by atoms with van der Waals surface area (Å²) in [6.45, 7) is 0.810. The van der Waals surface area contributed by atoms with Crippen LogP contribution in [0.2, 0.25) is 5.02 Å². The number of aliphatic imine (C=N–C) groups is 1. The van der Waals surface area contributed by atoms with Crippen LogP contribution in [0.15, 0.2) is 46.3 Å². The van der Waals surface area contributed by atoms with E-state index < -0.39 is 0 Å². The van der Waals surface area contributed by atoms with Gasteiger partial charge in [0.15, 0.2) is 16.7 Å². The topological polar surface area (TPSA) is 69.6 Å². The number of hydrogen-bond donors (Lipinski definition) is 0. The molecule has 0 saturated carbocycles. The number of benzene rings is 2. The van der Waals surface area contributed by atoms with E-state index in [9.17, 15) is 4.79 Å². The molecule has 1 aliphatic heterocycles. The van der Waals surface area contributed by atoms with Crippen molar-refractivity contribution in [3.8, 4) is 29.6 Å². The van der Waals surface area contributed by atoms with Gasteiger partial charge in [0.1, 0.15) is 12.4 Å². The minimum Gasteiger partial charge on any atom is -0.497 e. The van der Waals surface area contributed by atoms with Crippen LogP contribution in [0.25, 0.3) is 6.08 Å². The Bertz CT molecular complexity index is 1110. The number of terminal acetylenes is 1. The van der Waals surface area contributed by atoms with Crippen LogP contribution in [0.5, 0.6) is 17.2 Å². The van der Waals surface area contributed by atoms with Gasteiger partial charge in [0.2, 0.25) is 0 Å². The van der Waals surface area contributed by atoms with Gasteiger partial charge in [-0.3, -0.25) is 9.69 Å². The quantitative estimate of drug-likeness (QED) is 0.380. The van der Waals surface area contributed by atoms with E-state index in [4.69, 9.17) is 37.0 Å². The predicted molar refractivity (Wildman–Crippen MR) is 132 cm³/mol. The molecule has 1 aliphatic rings. The van der Waals surface area contributed by atoms with Crippen LogP contribution in [0.1, 0.15) is 5.56 Å². The van der Waals surface area contributed by atoms with Gasteiger partial charge in [-0.1, -0.05) is 17.5 Å². The molecule has 3 rings (SSSR count). The highest BCUT2D eigenvalue weighted by molar-refractivity contribution is 8.18. The number of halogens is 1. The lowest BCUT2D eigenvalue weighted by Gasteiger charge is -2.14. The van der Waals surface area contributed by atoms with Crippen LogP contribution in [-0.4, -0.2) is 57.1 Å². The summed E-state index contributed by atoms with van der Waals surface area (Å²) in [5, 5.41) is 0.885. The van der Waals surface area contributed by atoms with Crippen molar-refractivity contribution in [1.29, 1.82) is 0 Å². The summed E-state index contributed by atoms with van der Waals surface area (Å²) in [5.41, 5.74) is 1.38. The second-order valence-corrected chi connectivity index (χ2v) is 8.10. The summed E-state index contributed by atoms with van der Waals surface area (Å²) in [7, 11) is 4.70. The lowest BCUT2D eigenvalue weighted by atomic mass is 10.1. The number of amidine groups is 1. The summed E-state index contributed by atoms with van der Waals surface area (Å²) in [6.07, 6.45) is 7.00. The van der Waals surface area contributed by atoms with E-state index in [1.54, 1.807) is 37.3 Å². The molecular formula is C24H23ClN2O5S. The Morgan fingerprint density at radius 3 is 2.58 bits per heavy atom. The molecule has 0 aromatic heterocycles. The van der Waals surface area contributed by atoms with E-state index in [0.29, 0.717) is 51.0 Å². The van der Waals surface area contributed by atoms with Gasteiger partial charge in [-0.2, -0.15) is 0 Å². The van der Waals surface area contributed by atoms with Gasteiger partial charge in [-0.05, 0) is 59.8 Å². The molecule has 1 saturated heterocycles. The third-order valence-electron chi connectivity index (χ3n) is 4.55. The van der Waals surface area contributed by atoms with Gasteiger partial charge in [-0.15, -0.1) is 6.42 Å². The molecular weight excluding hydrogens is 464 g/mol. The minimum absolute atomic E-state index is 0.0600. The summed E-state index contributed by atoms with van der Waals surface area (Å²) in [5.74, 6) is 3.72. The molecule has 1 amide bonds. The molecule has 0 N–H and O–H groups in total. The zero-order valence-corrected chi connectivity index (χ0v) is 20.0. The first-order valence-electron chi connectivity index (χ1n) is 9.87. The largest absolute Gasteiger partial charge is 0.497 e. The van der Waals surface area contributed by atoms with Crippen molar-refractivity contribution in [2.24, 2.45) is 4.99 Å². The van der Waals surface area contributed by atoms with Crippen molar-refractivity contribution in [1.82, 2.24) is 4.90 Å². The molecule has 7 nitrogen and oxygen atoms in total. The van der Waals surface area contributed by atoms with Crippen LogP contribution >= 0.6 is 23.4 Å². The number of rotatable bonds is 9. The Balaban J connectivity index is 1.94. The van der Waals surface area contributed by atoms with Crippen molar-refractivity contribution < 1.29 is 23.7 Å². The van der Waals surface area contributed by atoms with Crippen LogP contribution in [0.3, 0.4) is 0 Å². The van der Waals surface area contributed by atoms with Crippen LogP contribution in [-0.2, 0) is 9.53 Å². The van der Waals surface area contributed by atoms with E-state index in [1.807, 2.05) is 24.3 Å². The maximum Gasteiger partial charge on any atom is 0.266 e. The Labute approximate surface area is 202 Å². The zero-order valence-electron chi connectivity index (χ0n) is 18.5. The van der Waals surface area contributed by atoms with Gasteiger partial charge in [0.05, 0.1) is 43.0 Å². The molecule has 0 bridgehead atoms. The molecule has 0 atom stereocenters. The zero-order chi connectivity index (χ0) is 23.8. The van der Waals surface area contributed by atoms with Crippen molar-refractivity contribution in [3.63, 3.8) is 0 Å². The monoisotopic (exact) mass is 486 g/mol. The van der Waals surface area contributed by atoms with Gasteiger partial charge in [0.25, 0.3) is 5.91 Å². The van der Waals surface area contributed by atoms with Crippen molar-refractivity contribution in [3.05, 3.63) is 51.9 Å². The number of carbonyl (C=O) groups is 1. The Hall–Kier alpha value is -3.12. The third-order valence-corrected chi connectivity index (χ3v) is 5.84. The maximum absolute atomic E-state index is 13.1. The standard InChI is InChI=1S/C24H23ClN2O5S/c1-5-11-32-22-19(25)13-16(14-20(22)31-4)15-21-23(28)27(10-12-29-2)24(33-21)26-17-6-8-18(30-3)9-7-17/h1,6-9,13-15H,10-12H2,2-4H3/b21-15-,26-24?. The highest BCUT2D eigenvalue weighted by atomic mass is 35.5. The second kappa shape index (κ2) is 11.7. The Morgan fingerprint density at radius 1 is 1.18 bits per heavy atom. The van der Waals surface area contributed by atoms with E-state index >= 15 is 0 Å². The average Bonchev–Trinajstić information content (AvgIpc) is 3.10. The van der Waals surface area contributed by atoms with E-state index in [1.165, 1.54) is 18.9 Å². The Kier molecular flexibility index (Phi) is 8.66. The first-order valence-corrected chi connectivity index (χ1v) is 11.1. The van der Waals surface area contributed by atoms with Crippen LogP contribution in [0.4, 0.5) is 5.69 Å². The van der Waals surface area contributed by atoms with Crippen molar-refractivity contribution in [2.75, 3.05) is 41.1 Å². The number of methoxy groups -OCH3 is 3. The fourth-order valence-electron chi connectivity index (χ4n) is 2.97. The molecule has 172 valence electrons. The second-order valence-electron chi connectivity index (χ2n) is 6.68. The fourth-order valence-corrected chi connectivity index (χ4v) is 4.27. The first kappa shape index (κ1) is 24.5. The van der Waals surface area contributed by atoms with Crippen molar-refractivity contribution >= 4 is 46.2 Å². The van der Waals surface area contributed by atoms with Crippen molar-refractivity contribution in [2.45, 2.75) is 0 Å². The lowest BCUT2D eigenvalue weighted by Crippen LogP contribution is -2.32. The number of hydrogen-bond acceptors (Lipinski definition) is 7. The first-order chi connectivity index (χ1) is 16.0. The summed E-state index contributed by atoms with van der Waals surface area (Å²) >= 11 is 7.65. The van der Waals surface area contributed by atoms with E-state index in [0.717, 1.165) is 5.75 Å². The van der Waals surface area contributed by atoms with Gasteiger partial charge >= 0.3 is 0 Å². The van der Waals surface area contributed by atoms with E-state index in [-0.39, 0.29) is 12.5 Å². The maximum atomic E-state index is 13.1. The van der Waals surface area contributed by atoms with Gasteiger partial charge in [0, 0.05) is 7.11 Å². The number of amides is 1.